The second-order valence-corrected chi connectivity index (χ2v) is 4.84. The zero-order valence-corrected chi connectivity index (χ0v) is 10.7. The molecule has 0 bridgehead atoms. The lowest BCUT2D eigenvalue weighted by atomic mass is 10.0. The first kappa shape index (κ1) is 11.3. The smallest absolute Gasteiger partial charge is 0.242 e. The topological polar surface area (TPSA) is 38.3 Å². The maximum Gasteiger partial charge on any atom is 0.242 e. The predicted molar refractivity (Wildman–Crippen MR) is 67.4 cm³/mol. The Morgan fingerprint density at radius 2 is 2.06 bits per heavy atom. The van der Waals surface area contributed by atoms with Gasteiger partial charge in [0.15, 0.2) is 0 Å². The number of fused-ring (bicyclic) bond motifs is 1. The number of ether oxygens (including phenoxy) is 1. The summed E-state index contributed by atoms with van der Waals surface area (Å²) in [6.45, 7) is 4.02. The second-order valence-electron chi connectivity index (χ2n) is 3.90. The fourth-order valence-corrected chi connectivity index (χ4v) is 2.77. The summed E-state index contributed by atoms with van der Waals surface area (Å²) in [5.41, 5.74) is 4.18. The van der Waals surface area contributed by atoms with Crippen LogP contribution in [0.15, 0.2) is 6.07 Å². The fourth-order valence-electron chi connectivity index (χ4n) is 2.06. The van der Waals surface area contributed by atoms with E-state index in [0.717, 1.165) is 28.1 Å². The van der Waals surface area contributed by atoms with Crippen LogP contribution in [0.2, 0.25) is 0 Å². The molecule has 1 N–H and O–H groups in total. The Labute approximate surface area is 99.6 Å². The molecule has 86 valence electrons. The number of methoxy groups -OCH3 is 1. The van der Waals surface area contributed by atoms with E-state index in [0.29, 0.717) is 0 Å². The molecule has 1 amide bonds. The molecule has 0 saturated heterocycles. The van der Waals surface area contributed by atoms with E-state index in [-0.39, 0.29) is 11.2 Å². The molecule has 1 atom stereocenters. The van der Waals surface area contributed by atoms with Gasteiger partial charge in [-0.1, -0.05) is 0 Å². The Morgan fingerprint density at radius 1 is 1.38 bits per heavy atom. The van der Waals surface area contributed by atoms with E-state index in [2.05, 4.69) is 5.32 Å². The summed E-state index contributed by atoms with van der Waals surface area (Å²) in [6.07, 6.45) is 1.95. The van der Waals surface area contributed by atoms with Crippen LogP contribution in [0, 0.1) is 13.8 Å². The van der Waals surface area contributed by atoms with Crippen molar-refractivity contribution in [1.29, 1.82) is 0 Å². The van der Waals surface area contributed by atoms with Gasteiger partial charge in [0.1, 0.15) is 11.0 Å². The summed E-state index contributed by atoms with van der Waals surface area (Å²) in [5.74, 6) is 0.921. The Bertz CT molecular complexity index is 457. The van der Waals surface area contributed by atoms with Gasteiger partial charge >= 0.3 is 0 Å². The zero-order chi connectivity index (χ0) is 11.9. The first-order chi connectivity index (χ1) is 7.60. The maximum atomic E-state index is 11.8. The van der Waals surface area contributed by atoms with Crippen molar-refractivity contribution >= 4 is 23.4 Å². The number of nitrogens with one attached hydrogen (secondary N) is 1. The summed E-state index contributed by atoms with van der Waals surface area (Å²) in [5, 5.41) is 2.84. The SMILES string of the molecule is COc1cc2c(c(C)c1C)NC(=O)C2SC. The van der Waals surface area contributed by atoms with E-state index in [1.165, 1.54) is 0 Å². The van der Waals surface area contributed by atoms with Crippen molar-refractivity contribution in [3.05, 3.63) is 22.8 Å². The molecule has 1 aromatic rings. The van der Waals surface area contributed by atoms with Gasteiger partial charge in [-0.05, 0) is 37.3 Å². The lowest BCUT2D eigenvalue weighted by molar-refractivity contribution is -0.115. The molecule has 1 aromatic carbocycles. The van der Waals surface area contributed by atoms with Gasteiger partial charge in [0.25, 0.3) is 0 Å². The normalized spacial score (nSPS) is 18.2. The van der Waals surface area contributed by atoms with Crippen LogP contribution in [0.25, 0.3) is 0 Å². The van der Waals surface area contributed by atoms with Gasteiger partial charge in [0.2, 0.25) is 5.91 Å². The minimum Gasteiger partial charge on any atom is -0.496 e. The van der Waals surface area contributed by atoms with Crippen molar-refractivity contribution < 1.29 is 9.53 Å². The van der Waals surface area contributed by atoms with Gasteiger partial charge in [-0.15, -0.1) is 11.8 Å². The number of carbonyl (C=O) groups is 1. The molecule has 4 heteroatoms. The van der Waals surface area contributed by atoms with E-state index in [4.69, 9.17) is 4.74 Å². The number of hydrogen-bond donors (Lipinski definition) is 1. The molecule has 3 nitrogen and oxygen atoms in total. The standard InChI is InChI=1S/C12H15NO2S/c1-6-7(2)10-8(5-9(6)15-3)11(16-4)12(14)13-10/h5,11H,1-4H3,(H,13,14). The van der Waals surface area contributed by atoms with Crippen LogP contribution in [-0.2, 0) is 4.79 Å². The third-order valence-corrected chi connectivity index (χ3v) is 4.05. The van der Waals surface area contributed by atoms with Gasteiger partial charge in [-0.3, -0.25) is 4.79 Å². The van der Waals surface area contributed by atoms with Crippen LogP contribution in [0.3, 0.4) is 0 Å². The first-order valence-electron chi connectivity index (χ1n) is 5.12. The van der Waals surface area contributed by atoms with Crippen LogP contribution >= 0.6 is 11.8 Å². The molecule has 16 heavy (non-hydrogen) atoms. The highest BCUT2D eigenvalue weighted by atomic mass is 32.2. The summed E-state index contributed by atoms with van der Waals surface area (Å²) in [4.78, 5) is 11.8. The lowest BCUT2D eigenvalue weighted by Gasteiger charge is -2.13. The Morgan fingerprint density at radius 3 is 2.62 bits per heavy atom. The van der Waals surface area contributed by atoms with Gasteiger partial charge in [0.05, 0.1) is 7.11 Å². The van der Waals surface area contributed by atoms with Gasteiger partial charge in [-0.25, -0.2) is 0 Å². The molecule has 0 saturated carbocycles. The van der Waals surface area contributed by atoms with E-state index >= 15 is 0 Å². The quantitative estimate of drug-likeness (QED) is 0.859. The van der Waals surface area contributed by atoms with Crippen LogP contribution in [0.5, 0.6) is 5.75 Å². The van der Waals surface area contributed by atoms with Gasteiger partial charge < -0.3 is 10.1 Å². The average Bonchev–Trinajstić information content (AvgIpc) is 2.59. The number of anilines is 1. The molecule has 0 spiro atoms. The van der Waals surface area contributed by atoms with Crippen molar-refractivity contribution in [2.75, 3.05) is 18.7 Å². The highest BCUT2D eigenvalue weighted by Gasteiger charge is 2.32. The maximum absolute atomic E-state index is 11.8. The Balaban J connectivity index is 2.63. The van der Waals surface area contributed by atoms with Crippen molar-refractivity contribution in [3.8, 4) is 5.75 Å². The largest absolute Gasteiger partial charge is 0.496 e. The third kappa shape index (κ3) is 1.48. The van der Waals surface area contributed by atoms with Crippen LogP contribution in [-0.4, -0.2) is 19.3 Å². The van der Waals surface area contributed by atoms with Crippen LogP contribution < -0.4 is 10.1 Å². The summed E-state index contributed by atoms with van der Waals surface area (Å²) in [7, 11) is 1.66. The average molecular weight is 237 g/mol. The van der Waals surface area contributed by atoms with Crippen LogP contribution in [0.1, 0.15) is 21.9 Å². The molecule has 0 fully saturated rings. The van der Waals surface area contributed by atoms with Crippen LogP contribution in [0.4, 0.5) is 5.69 Å². The highest BCUT2D eigenvalue weighted by molar-refractivity contribution is 7.99. The minimum atomic E-state index is -0.108. The molecule has 2 rings (SSSR count). The molecule has 1 aliphatic rings. The lowest BCUT2D eigenvalue weighted by Crippen LogP contribution is -2.08. The molecule has 0 radical (unpaired) electrons. The van der Waals surface area contributed by atoms with Crippen molar-refractivity contribution in [1.82, 2.24) is 0 Å². The van der Waals surface area contributed by atoms with Gasteiger partial charge in [-0.2, -0.15) is 0 Å². The van der Waals surface area contributed by atoms with Crippen molar-refractivity contribution in [3.63, 3.8) is 0 Å². The van der Waals surface area contributed by atoms with Gasteiger partial charge in [0, 0.05) is 11.3 Å². The molecular formula is C12H15NO2S. The second kappa shape index (κ2) is 4.01. The number of carbonyl (C=O) groups excluding carboxylic acids is 1. The van der Waals surface area contributed by atoms with E-state index < -0.39 is 0 Å². The minimum absolute atomic E-state index is 0.0678. The number of hydrogen-bond acceptors (Lipinski definition) is 3. The summed E-state index contributed by atoms with van der Waals surface area (Å²) >= 11 is 1.55. The van der Waals surface area contributed by atoms with Crippen molar-refractivity contribution in [2.45, 2.75) is 19.1 Å². The molecule has 0 aromatic heterocycles. The Hall–Kier alpha value is -1.16. The van der Waals surface area contributed by atoms with E-state index in [1.807, 2.05) is 26.2 Å². The highest BCUT2D eigenvalue weighted by Crippen LogP contribution is 2.44. The molecular weight excluding hydrogens is 222 g/mol. The summed E-state index contributed by atoms with van der Waals surface area (Å²) in [6, 6.07) is 1.97. The molecule has 1 aliphatic heterocycles. The molecule has 0 aliphatic carbocycles. The fraction of sp³-hybridized carbons (Fsp3) is 0.417. The first-order valence-corrected chi connectivity index (χ1v) is 6.40. The van der Waals surface area contributed by atoms with E-state index in [9.17, 15) is 4.79 Å². The monoisotopic (exact) mass is 237 g/mol. The zero-order valence-electron chi connectivity index (χ0n) is 9.88. The third-order valence-electron chi connectivity index (χ3n) is 3.11. The molecule has 1 heterocycles. The summed E-state index contributed by atoms with van der Waals surface area (Å²) < 4.78 is 5.33. The number of thioether (sulfide) groups is 1. The Kier molecular flexibility index (Phi) is 2.84. The predicted octanol–water partition coefficient (Wildman–Crippen LogP) is 2.67. The number of amides is 1. The number of rotatable bonds is 2. The number of benzene rings is 1. The van der Waals surface area contributed by atoms with E-state index in [1.54, 1.807) is 18.9 Å². The van der Waals surface area contributed by atoms with Crippen molar-refractivity contribution in [2.24, 2.45) is 0 Å². The molecule has 1 unspecified atom stereocenters.